The van der Waals surface area contributed by atoms with Gasteiger partial charge in [0.15, 0.2) is 23.6 Å². The fourth-order valence-electron chi connectivity index (χ4n) is 11.0. The molecule has 0 aromatic heterocycles. The highest BCUT2D eigenvalue weighted by Crippen LogP contribution is 2.65. The molecule has 3 aliphatic carbocycles. The molecule has 1 saturated heterocycles. The Kier molecular flexibility index (Phi) is 16.8. The number of amides is 1. The van der Waals surface area contributed by atoms with E-state index in [2.05, 4.69) is 5.32 Å². The number of carbonyl (C=O) groups excluding carboxylic acids is 7. The molecule has 1 amide bonds. The molecule has 21 nitrogen and oxygen atoms in total. The first-order valence-electron chi connectivity index (χ1n) is 24.4. The van der Waals surface area contributed by atoms with Gasteiger partial charge >= 0.3 is 47.9 Å². The van der Waals surface area contributed by atoms with Crippen LogP contribution in [0.3, 0.4) is 0 Å². The van der Waals surface area contributed by atoms with Gasteiger partial charge in [-0.25, -0.2) is 14.4 Å². The number of alkyl carbamates (subject to hydrolysis) is 1. The minimum absolute atomic E-state index is 0.0148. The molecule has 2 aromatic carbocycles. The molecule has 0 radical (unpaired) electrons. The summed E-state index contributed by atoms with van der Waals surface area (Å²) in [4.78, 5) is 123. The number of esters is 5. The Morgan fingerprint density at radius 3 is 1.91 bits per heavy atom. The molecule has 0 spiro atoms. The summed E-state index contributed by atoms with van der Waals surface area (Å²) in [5.41, 5.74) is -9.69. The average Bonchev–Trinajstić information content (AvgIpc) is 3.30. The predicted octanol–water partition coefficient (Wildman–Crippen LogP) is 4.87. The average molecular weight is 1040 g/mol. The van der Waals surface area contributed by atoms with Gasteiger partial charge in [0.2, 0.25) is 0 Å². The molecular weight excluding hydrogens is 971 g/mol. The first kappa shape index (κ1) is 56.6. The molecule has 3 fully saturated rings. The van der Waals surface area contributed by atoms with Crippen molar-refractivity contribution in [2.24, 2.45) is 16.7 Å². The van der Waals surface area contributed by atoms with Crippen molar-refractivity contribution in [1.29, 1.82) is 0 Å². The summed E-state index contributed by atoms with van der Waals surface area (Å²) >= 11 is 0. The molecule has 402 valence electrons. The number of hydrogen-bond donors (Lipinski definition) is 5. The second kappa shape index (κ2) is 22.0. The van der Waals surface area contributed by atoms with Crippen molar-refractivity contribution in [1.82, 2.24) is 5.32 Å². The third-order valence-electron chi connectivity index (χ3n) is 14.6. The van der Waals surface area contributed by atoms with Gasteiger partial charge in [0.1, 0.15) is 35.6 Å². The predicted molar refractivity (Wildman–Crippen MR) is 254 cm³/mol. The number of ketones is 1. The minimum atomic E-state index is -2.60. The van der Waals surface area contributed by atoms with Crippen molar-refractivity contribution in [3.8, 4) is 0 Å². The van der Waals surface area contributed by atoms with Crippen LogP contribution in [-0.4, -0.2) is 134 Å². The van der Waals surface area contributed by atoms with E-state index in [1.807, 2.05) is 0 Å². The molecule has 5 N–H and O–H groups in total. The van der Waals surface area contributed by atoms with Crippen LogP contribution in [0.1, 0.15) is 129 Å². The van der Waals surface area contributed by atoms with Crippen molar-refractivity contribution in [3.05, 3.63) is 82.9 Å². The number of ether oxygens (including phenoxy) is 7. The number of aliphatic carboxylic acids is 2. The van der Waals surface area contributed by atoms with Crippen LogP contribution in [0.4, 0.5) is 4.79 Å². The van der Waals surface area contributed by atoms with E-state index in [4.69, 9.17) is 33.2 Å². The number of rotatable bonds is 18. The van der Waals surface area contributed by atoms with Crippen molar-refractivity contribution >= 4 is 53.7 Å². The second-order valence-electron chi connectivity index (χ2n) is 21.0. The molecule has 0 unspecified atom stereocenters. The third kappa shape index (κ3) is 11.5. The van der Waals surface area contributed by atoms with E-state index in [-0.39, 0.29) is 41.5 Å². The van der Waals surface area contributed by atoms with Crippen molar-refractivity contribution in [2.45, 2.75) is 166 Å². The molecule has 21 heteroatoms. The van der Waals surface area contributed by atoms with Crippen molar-refractivity contribution in [3.63, 3.8) is 0 Å². The third-order valence-corrected chi connectivity index (χ3v) is 14.6. The van der Waals surface area contributed by atoms with E-state index in [9.17, 15) is 58.8 Å². The first-order valence-corrected chi connectivity index (χ1v) is 24.4. The fraction of sp³-hybridized carbons (Fsp3) is 0.566. The molecule has 2 bridgehead atoms. The summed E-state index contributed by atoms with van der Waals surface area (Å²) in [7, 11) is 0. The summed E-state index contributed by atoms with van der Waals surface area (Å²) in [6.45, 7) is 11.1. The van der Waals surface area contributed by atoms with Gasteiger partial charge in [-0.3, -0.25) is 28.8 Å². The van der Waals surface area contributed by atoms with Gasteiger partial charge in [0.25, 0.3) is 0 Å². The van der Waals surface area contributed by atoms with Crippen LogP contribution >= 0.6 is 0 Å². The maximum atomic E-state index is 16.3. The maximum absolute atomic E-state index is 16.3. The number of hydrogen-bond acceptors (Lipinski definition) is 18. The van der Waals surface area contributed by atoms with Gasteiger partial charge in [0.05, 0.1) is 29.5 Å². The topological polar surface area (TPSA) is 311 Å². The summed E-state index contributed by atoms with van der Waals surface area (Å²) in [6.07, 6.45) is -15.1. The van der Waals surface area contributed by atoms with Gasteiger partial charge in [-0.2, -0.15) is 0 Å². The standard InChI is InChI=1S/C53H65NO20/c1-28-32(69-47(65)41(62)40(30-17-11-9-12-18-30)54-48(66)74-49(3,4)5)26-53(67)45(72-46(64)31-19-13-10-14-20-31)43-51(8,44(63)42(39(28)50(53,6)7)71-38(61)24-16-22-36(58)59)33(70-37(60)23-15-21-35(56)57)25-34-52(43,27-68-34)73-29(2)55/h9-14,17-20,32-34,40-43,45,62,67H,15-16,21-27H2,1-8H3,(H,54,66)(H,56,57)(H,58,59)/t32-,33-,34+,40-,41+,42+,43-,45-,51+,52-,53-/m0/s1. The highest BCUT2D eigenvalue weighted by atomic mass is 16.6. The lowest BCUT2D eigenvalue weighted by Crippen LogP contribution is -2.82. The number of carboxylic acids is 2. The zero-order valence-electron chi connectivity index (χ0n) is 42.6. The summed E-state index contributed by atoms with van der Waals surface area (Å²) in [6, 6.07) is 14.0. The van der Waals surface area contributed by atoms with Crippen molar-refractivity contribution < 1.29 is 96.7 Å². The number of carbonyl (C=O) groups is 9. The van der Waals surface area contributed by atoms with E-state index < -0.39 is 169 Å². The van der Waals surface area contributed by atoms with E-state index in [1.54, 1.807) is 57.2 Å². The molecule has 74 heavy (non-hydrogen) atoms. The Hall–Kier alpha value is -6.71. The first-order chi connectivity index (χ1) is 34.6. The van der Waals surface area contributed by atoms with Crippen LogP contribution in [-0.2, 0) is 66.7 Å². The minimum Gasteiger partial charge on any atom is -0.481 e. The molecule has 1 aliphatic heterocycles. The summed E-state index contributed by atoms with van der Waals surface area (Å²) < 4.78 is 42.5. The van der Waals surface area contributed by atoms with Gasteiger partial charge in [-0.1, -0.05) is 62.4 Å². The largest absolute Gasteiger partial charge is 0.481 e. The number of Topliss-reactive ketones (excluding diaryl/α,β-unsaturated/α-hetero) is 1. The van der Waals surface area contributed by atoms with Gasteiger partial charge in [0, 0.05) is 50.9 Å². The van der Waals surface area contributed by atoms with Crippen LogP contribution in [0.5, 0.6) is 0 Å². The number of aliphatic hydroxyl groups is 2. The molecule has 2 aromatic rings. The smallest absolute Gasteiger partial charge is 0.408 e. The van der Waals surface area contributed by atoms with Crippen LogP contribution in [0.2, 0.25) is 0 Å². The number of aliphatic hydroxyl groups excluding tert-OH is 1. The van der Waals surface area contributed by atoms with Crippen LogP contribution in [0.25, 0.3) is 0 Å². The number of carboxylic acid groups (broad SMARTS) is 2. The van der Waals surface area contributed by atoms with Crippen molar-refractivity contribution in [2.75, 3.05) is 6.61 Å². The zero-order chi connectivity index (χ0) is 54.7. The Bertz CT molecular complexity index is 2540. The lowest BCUT2D eigenvalue weighted by molar-refractivity contribution is -0.346. The Morgan fingerprint density at radius 2 is 1.38 bits per heavy atom. The van der Waals surface area contributed by atoms with E-state index in [0.717, 1.165) is 6.92 Å². The molecule has 2 saturated carbocycles. The fourth-order valence-corrected chi connectivity index (χ4v) is 11.0. The van der Waals surface area contributed by atoms with Crippen LogP contribution in [0, 0.1) is 16.7 Å². The highest BCUT2D eigenvalue weighted by Gasteiger charge is 2.79. The van der Waals surface area contributed by atoms with Crippen LogP contribution in [0.15, 0.2) is 71.8 Å². The lowest BCUT2D eigenvalue weighted by Gasteiger charge is -2.67. The van der Waals surface area contributed by atoms with E-state index in [0.29, 0.717) is 0 Å². The van der Waals surface area contributed by atoms with Crippen LogP contribution < -0.4 is 5.32 Å². The summed E-state index contributed by atoms with van der Waals surface area (Å²) in [5.74, 6) is -10.6. The van der Waals surface area contributed by atoms with Gasteiger partial charge in [-0.15, -0.1) is 0 Å². The number of fused-ring (bicyclic) bond motifs is 5. The quantitative estimate of drug-likeness (QED) is 0.0755. The molecular formula is C53H65NO20. The SMILES string of the molecule is CC(=O)O[C@@]12CO[C@@H]1C[C@H](OC(=O)CCCC(=O)O)[C@@]1(C)C(=O)[C@H](OC(=O)CCCC(=O)O)C3=C(C)[C@@H](OC(=O)[C@H](O)[C@@H](NC(=O)OC(C)(C)C)c4ccccc4)C[C@](O)([C@@H](OC(=O)c4ccccc4)[C@H]21)C3(C)C. The van der Waals surface area contributed by atoms with E-state index >= 15 is 4.79 Å². The maximum Gasteiger partial charge on any atom is 0.408 e. The lowest BCUT2D eigenvalue weighted by atomic mass is 9.44. The molecule has 11 atom stereocenters. The monoisotopic (exact) mass is 1040 g/mol. The highest BCUT2D eigenvalue weighted by molar-refractivity contribution is 5.96. The number of benzene rings is 2. The Morgan fingerprint density at radius 1 is 0.811 bits per heavy atom. The number of nitrogens with one attached hydrogen (secondary N) is 1. The van der Waals surface area contributed by atoms with Gasteiger partial charge in [-0.05, 0) is 76.3 Å². The van der Waals surface area contributed by atoms with E-state index in [1.165, 1.54) is 52.0 Å². The molecule has 4 aliphatic rings. The normalized spacial score (nSPS) is 28.6. The second-order valence-corrected chi connectivity index (χ2v) is 21.0. The Balaban J connectivity index is 1.59. The van der Waals surface area contributed by atoms with Gasteiger partial charge < -0.3 is 58.9 Å². The zero-order valence-corrected chi connectivity index (χ0v) is 42.6. The summed E-state index contributed by atoms with van der Waals surface area (Å²) in [5, 5.41) is 47.1. The molecule has 1 heterocycles. The molecule has 6 rings (SSSR count). The Labute approximate surface area is 427 Å².